The molecular formula is C24H31N3O2. The maximum atomic E-state index is 9.37. The van der Waals surface area contributed by atoms with Crippen LogP contribution < -0.4 is 9.64 Å². The number of aromatic amines is 1. The second-order valence-corrected chi connectivity index (χ2v) is 7.84. The summed E-state index contributed by atoms with van der Waals surface area (Å²) in [6.07, 6.45) is 5.62. The van der Waals surface area contributed by atoms with Crippen LogP contribution in [0.25, 0.3) is 10.9 Å². The molecular weight excluding hydrogens is 362 g/mol. The number of piperazine rings is 1. The van der Waals surface area contributed by atoms with Crippen molar-refractivity contribution in [1.82, 2.24) is 9.88 Å². The number of H-pyrrole nitrogens is 1. The second-order valence-electron chi connectivity index (χ2n) is 7.84. The van der Waals surface area contributed by atoms with Crippen LogP contribution in [0.4, 0.5) is 5.69 Å². The van der Waals surface area contributed by atoms with E-state index in [4.69, 9.17) is 4.74 Å². The minimum atomic E-state index is 0.100. The Labute approximate surface area is 172 Å². The van der Waals surface area contributed by atoms with Crippen molar-refractivity contribution in [2.24, 2.45) is 0 Å². The molecule has 0 bridgehead atoms. The van der Waals surface area contributed by atoms with E-state index in [-0.39, 0.29) is 6.61 Å². The van der Waals surface area contributed by atoms with Gasteiger partial charge in [-0.05, 0) is 73.3 Å². The van der Waals surface area contributed by atoms with Gasteiger partial charge in [0.1, 0.15) is 5.75 Å². The summed E-state index contributed by atoms with van der Waals surface area (Å²) >= 11 is 0. The van der Waals surface area contributed by atoms with E-state index in [1.807, 2.05) is 18.2 Å². The number of nitrogens with zero attached hydrogens (tertiary/aromatic N) is 2. The molecule has 3 aromatic rings. The highest BCUT2D eigenvalue weighted by Crippen LogP contribution is 2.23. The van der Waals surface area contributed by atoms with E-state index in [2.05, 4.69) is 45.2 Å². The summed E-state index contributed by atoms with van der Waals surface area (Å²) in [6, 6.07) is 14.5. The Hall–Kier alpha value is -2.50. The Morgan fingerprint density at radius 1 is 1.00 bits per heavy atom. The predicted molar refractivity (Wildman–Crippen MR) is 119 cm³/mol. The van der Waals surface area contributed by atoms with Gasteiger partial charge >= 0.3 is 0 Å². The van der Waals surface area contributed by atoms with Gasteiger partial charge in [0, 0.05) is 49.0 Å². The number of aromatic nitrogens is 1. The summed E-state index contributed by atoms with van der Waals surface area (Å²) in [4.78, 5) is 8.39. The molecule has 0 spiro atoms. The van der Waals surface area contributed by atoms with Gasteiger partial charge in [-0.25, -0.2) is 0 Å². The number of hydrogen-bond acceptors (Lipinski definition) is 4. The number of anilines is 1. The highest BCUT2D eigenvalue weighted by atomic mass is 16.5. The van der Waals surface area contributed by atoms with E-state index < -0.39 is 0 Å². The lowest BCUT2D eigenvalue weighted by Gasteiger charge is -2.36. The molecule has 29 heavy (non-hydrogen) atoms. The highest BCUT2D eigenvalue weighted by Gasteiger charge is 2.17. The number of aliphatic hydroxyl groups is 1. The van der Waals surface area contributed by atoms with Crippen molar-refractivity contribution in [3.05, 3.63) is 59.8 Å². The van der Waals surface area contributed by atoms with E-state index in [9.17, 15) is 5.11 Å². The topological polar surface area (TPSA) is 51.7 Å². The summed E-state index contributed by atoms with van der Waals surface area (Å²) in [7, 11) is 1.71. The van der Waals surface area contributed by atoms with Gasteiger partial charge in [-0.1, -0.05) is 6.07 Å². The maximum Gasteiger partial charge on any atom is 0.119 e. The number of fused-ring (bicyclic) bond motifs is 1. The fourth-order valence-electron chi connectivity index (χ4n) is 4.20. The number of hydrogen-bond donors (Lipinski definition) is 2. The summed E-state index contributed by atoms with van der Waals surface area (Å²) in [6.45, 7) is 5.68. The number of nitrogens with one attached hydrogen (secondary N) is 1. The van der Waals surface area contributed by atoms with Crippen LogP contribution in [-0.2, 0) is 13.0 Å². The number of unbranched alkanes of at least 4 members (excludes halogenated alkanes) is 1. The molecule has 5 nitrogen and oxygen atoms in total. The van der Waals surface area contributed by atoms with Crippen molar-refractivity contribution in [1.29, 1.82) is 0 Å². The van der Waals surface area contributed by atoms with Crippen molar-refractivity contribution in [2.45, 2.75) is 25.9 Å². The first kappa shape index (κ1) is 19.8. The first-order valence-corrected chi connectivity index (χ1v) is 10.6. The Morgan fingerprint density at radius 3 is 2.52 bits per heavy atom. The molecule has 1 saturated heterocycles. The molecule has 0 aliphatic carbocycles. The zero-order chi connectivity index (χ0) is 20.1. The molecule has 1 aliphatic heterocycles. The van der Waals surface area contributed by atoms with Crippen molar-refractivity contribution in [2.75, 3.05) is 44.7 Å². The third-order valence-electron chi connectivity index (χ3n) is 5.99. The van der Waals surface area contributed by atoms with Crippen LogP contribution in [0.1, 0.15) is 24.0 Å². The van der Waals surface area contributed by atoms with Gasteiger partial charge < -0.3 is 19.7 Å². The molecule has 0 radical (unpaired) electrons. The van der Waals surface area contributed by atoms with Crippen molar-refractivity contribution < 1.29 is 9.84 Å². The lowest BCUT2D eigenvalue weighted by atomic mass is 10.0. The molecule has 2 aromatic carbocycles. The number of benzene rings is 2. The average Bonchev–Trinajstić information content (AvgIpc) is 3.19. The molecule has 1 aromatic heterocycles. The van der Waals surface area contributed by atoms with Gasteiger partial charge in [-0.15, -0.1) is 0 Å². The van der Waals surface area contributed by atoms with Crippen LogP contribution in [0.2, 0.25) is 0 Å². The maximum absolute atomic E-state index is 9.37. The number of aliphatic hydroxyl groups excluding tert-OH is 1. The van der Waals surface area contributed by atoms with Gasteiger partial charge in [0.15, 0.2) is 0 Å². The van der Waals surface area contributed by atoms with Crippen molar-refractivity contribution in [3.8, 4) is 5.75 Å². The molecule has 0 amide bonds. The van der Waals surface area contributed by atoms with Crippen molar-refractivity contribution >= 4 is 16.6 Å². The van der Waals surface area contributed by atoms with Gasteiger partial charge in [-0.3, -0.25) is 4.90 Å². The molecule has 1 aliphatic rings. The molecule has 0 saturated carbocycles. The number of rotatable bonds is 8. The lowest BCUT2D eigenvalue weighted by Crippen LogP contribution is -2.46. The molecule has 5 heteroatoms. The molecule has 0 unspecified atom stereocenters. The minimum Gasteiger partial charge on any atom is -0.497 e. The summed E-state index contributed by atoms with van der Waals surface area (Å²) in [5.74, 6) is 0.912. The monoisotopic (exact) mass is 393 g/mol. The van der Waals surface area contributed by atoms with Crippen LogP contribution in [-0.4, -0.2) is 54.8 Å². The molecule has 0 atom stereocenters. The Bertz CT molecular complexity index is 912. The SMILES string of the molecule is COc1ccc(N2CCN(CCCCc3c[nH]c4ccc(CO)cc34)CC2)cc1. The predicted octanol–water partition coefficient (Wildman–Crippen LogP) is 3.81. The van der Waals surface area contributed by atoms with E-state index in [1.165, 1.54) is 36.0 Å². The number of ether oxygens (including phenoxy) is 1. The normalized spacial score (nSPS) is 15.2. The van der Waals surface area contributed by atoms with Gasteiger partial charge in [0.2, 0.25) is 0 Å². The first-order valence-electron chi connectivity index (χ1n) is 10.6. The summed E-state index contributed by atoms with van der Waals surface area (Å²) in [5.41, 5.74) is 4.78. The molecule has 4 rings (SSSR count). The fraction of sp³-hybridized carbons (Fsp3) is 0.417. The Kier molecular flexibility index (Phi) is 6.37. The molecule has 154 valence electrons. The van der Waals surface area contributed by atoms with Crippen LogP contribution in [0.3, 0.4) is 0 Å². The second kappa shape index (κ2) is 9.33. The van der Waals surface area contributed by atoms with Gasteiger partial charge in [0.05, 0.1) is 13.7 Å². The van der Waals surface area contributed by atoms with Crippen LogP contribution in [0.5, 0.6) is 5.75 Å². The van der Waals surface area contributed by atoms with Crippen molar-refractivity contribution in [3.63, 3.8) is 0 Å². The average molecular weight is 394 g/mol. The molecule has 1 fully saturated rings. The van der Waals surface area contributed by atoms with Crippen LogP contribution in [0.15, 0.2) is 48.7 Å². The zero-order valence-corrected chi connectivity index (χ0v) is 17.2. The highest BCUT2D eigenvalue weighted by molar-refractivity contribution is 5.83. The Morgan fingerprint density at radius 2 is 1.79 bits per heavy atom. The van der Waals surface area contributed by atoms with Gasteiger partial charge in [-0.2, -0.15) is 0 Å². The Balaban J connectivity index is 1.21. The molecule has 2 heterocycles. The standard InChI is InChI=1S/C24H31N3O2/c1-29-22-8-6-21(7-9-22)27-14-12-26(13-15-27)11-3-2-4-20-17-25-24-10-5-19(18-28)16-23(20)24/h5-10,16-17,25,28H,2-4,11-15,18H2,1H3. The largest absolute Gasteiger partial charge is 0.497 e. The van der Waals surface area contributed by atoms with E-state index >= 15 is 0 Å². The third-order valence-corrected chi connectivity index (χ3v) is 5.99. The fourth-order valence-corrected chi connectivity index (χ4v) is 4.20. The van der Waals surface area contributed by atoms with E-state index in [1.54, 1.807) is 7.11 Å². The first-order chi connectivity index (χ1) is 14.3. The zero-order valence-electron chi connectivity index (χ0n) is 17.2. The molecule has 2 N–H and O–H groups in total. The third kappa shape index (κ3) is 4.74. The van der Waals surface area contributed by atoms with E-state index in [0.717, 1.165) is 49.4 Å². The summed E-state index contributed by atoms with van der Waals surface area (Å²) < 4.78 is 5.25. The number of methoxy groups -OCH3 is 1. The lowest BCUT2D eigenvalue weighted by molar-refractivity contribution is 0.253. The minimum absolute atomic E-state index is 0.100. The smallest absolute Gasteiger partial charge is 0.119 e. The van der Waals surface area contributed by atoms with E-state index in [0.29, 0.717) is 0 Å². The quantitative estimate of drug-likeness (QED) is 0.572. The number of aryl methyl sites for hydroxylation is 1. The van der Waals surface area contributed by atoms with Crippen LogP contribution in [0, 0.1) is 0 Å². The van der Waals surface area contributed by atoms with Gasteiger partial charge in [0.25, 0.3) is 0 Å². The van der Waals surface area contributed by atoms with Crippen LogP contribution >= 0.6 is 0 Å². The summed E-state index contributed by atoms with van der Waals surface area (Å²) in [5, 5.41) is 10.6.